The molecule has 1 aromatic heterocycles. The molecular formula is C24H31N3O4S. The van der Waals surface area contributed by atoms with Crippen LogP contribution in [0.3, 0.4) is 0 Å². The number of aromatic nitrogens is 1. The zero-order valence-corrected chi connectivity index (χ0v) is 19.6. The van der Waals surface area contributed by atoms with Gasteiger partial charge in [0.05, 0.1) is 5.92 Å². The van der Waals surface area contributed by atoms with Crippen LogP contribution in [0, 0.1) is 18.8 Å². The van der Waals surface area contributed by atoms with Gasteiger partial charge in [-0.3, -0.25) is 4.79 Å². The second kappa shape index (κ2) is 9.58. The number of aryl methyl sites for hydroxylation is 1. The summed E-state index contributed by atoms with van der Waals surface area (Å²) in [5.41, 5.74) is 1.26. The van der Waals surface area contributed by atoms with Gasteiger partial charge < -0.3 is 9.42 Å². The van der Waals surface area contributed by atoms with Gasteiger partial charge in [0.25, 0.3) is 0 Å². The van der Waals surface area contributed by atoms with Crippen molar-refractivity contribution in [3.63, 3.8) is 0 Å². The van der Waals surface area contributed by atoms with Gasteiger partial charge >= 0.3 is 0 Å². The number of carbonyl (C=O) groups excluding carboxylic acids is 1. The predicted octanol–water partition coefficient (Wildman–Crippen LogP) is 3.81. The van der Waals surface area contributed by atoms with Gasteiger partial charge in [-0.15, -0.1) is 0 Å². The maximum atomic E-state index is 13.6. The third kappa shape index (κ3) is 4.81. The zero-order valence-electron chi connectivity index (χ0n) is 18.7. The first kappa shape index (κ1) is 22.7. The minimum Gasteiger partial charge on any atom is -0.355 e. The molecule has 0 bridgehead atoms. The molecule has 1 amide bonds. The Hall–Kier alpha value is -2.45. The standard InChI is InChI=1S/C24H31N3O4S/c1-18-12-15-26(16-13-18)24(28)21-9-6-14-27(17-21)32(29,30)23-19(2)25-31-22(23)11-10-20-7-4-3-5-8-20/h3-5,7-8,10-11,18,21H,6,9,12-17H2,1-2H3/b11-10+/t21-/m0/s1. The smallest absolute Gasteiger partial charge is 0.248 e. The molecule has 0 spiro atoms. The first-order valence-electron chi connectivity index (χ1n) is 11.3. The molecule has 1 atom stereocenters. The van der Waals surface area contributed by atoms with Crippen LogP contribution in [-0.4, -0.2) is 54.9 Å². The molecule has 2 saturated heterocycles. The molecule has 2 aliphatic heterocycles. The van der Waals surface area contributed by atoms with Crippen LogP contribution in [0.5, 0.6) is 0 Å². The molecule has 0 unspecified atom stereocenters. The number of nitrogens with zero attached hydrogens (tertiary/aromatic N) is 3. The normalized spacial score (nSPS) is 21.3. The Kier molecular flexibility index (Phi) is 6.81. The summed E-state index contributed by atoms with van der Waals surface area (Å²) >= 11 is 0. The number of amides is 1. The fourth-order valence-corrected chi connectivity index (χ4v) is 6.29. The molecule has 8 heteroatoms. The van der Waals surface area contributed by atoms with Gasteiger partial charge in [-0.1, -0.05) is 48.5 Å². The molecule has 7 nitrogen and oxygen atoms in total. The number of carbonyl (C=O) groups is 1. The van der Waals surface area contributed by atoms with E-state index >= 15 is 0 Å². The molecule has 4 rings (SSSR count). The van der Waals surface area contributed by atoms with Crippen LogP contribution in [0.25, 0.3) is 12.2 Å². The predicted molar refractivity (Wildman–Crippen MR) is 123 cm³/mol. The van der Waals surface area contributed by atoms with Gasteiger partial charge in [0.1, 0.15) is 5.69 Å². The van der Waals surface area contributed by atoms with Crippen LogP contribution in [0.4, 0.5) is 0 Å². The molecule has 2 aliphatic rings. The van der Waals surface area contributed by atoms with Crippen LogP contribution in [0.2, 0.25) is 0 Å². The second-order valence-corrected chi connectivity index (χ2v) is 10.8. The van der Waals surface area contributed by atoms with Crippen molar-refractivity contribution in [3.05, 3.63) is 47.3 Å². The zero-order chi connectivity index (χ0) is 22.7. The summed E-state index contributed by atoms with van der Waals surface area (Å²) in [4.78, 5) is 15.1. The Labute approximate surface area is 190 Å². The highest BCUT2D eigenvalue weighted by Gasteiger charge is 2.38. The minimum atomic E-state index is -3.84. The molecule has 2 fully saturated rings. The molecule has 172 valence electrons. The lowest BCUT2D eigenvalue weighted by molar-refractivity contribution is -0.138. The van der Waals surface area contributed by atoms with E-state index in [1.807, 2.05) is 35.2 Å². The van der Waals surface area contributed by atoms with Crippen molar-refractivity contribution < 1.29 is 17.7 Å². The molecular weight excluding hydrogens is 426 g/mol. The number of sulfonamides is 1. The van der Waals surface area contributed by atoms with Crippen molar-refractivity contribution in [2.45, 2.75) is 44.4 Å². The number of hydrogen-bond donors (Lipinski definition) is 0. The van der Waals surface area contributed by atoms with Gasteiger partial charge in [0.15, 0.2) is 10.7 Å². The summed E-state index contributed by atoms with van der Waals surface area (Å²) in [6, 6.07) is 9.60. The Balaban J connectivity index is 1.53. The van der Waals surface area contributed by atoms with E-state index in [0.29, 0.717) is 24.6 Å². The third-order valence-electron chi connectivity index (χ3n) is 6.49. The third-order valence-corrected chi connectivity index (χ3v) is 8.51. The molecule has 0 N–H and O–H groups in total. The topological polar surface area (TPSA) is 83.7 Å². The summed E-state index contributed by atoms with van der Waals surface area (Å²) < 4.78 is 33.9. The Morgan fingerprint density at radius 3 is 2.53 bits per heavy atom. The van der Waals surface area contributed by atoms with Gasteiger partial charge in [-0.2, -0.15) is 4.31 Å². The van der Waals surface area contributed by atoms with Crippen LogP contribution >= 0.6 is 0 Å². The maximum Gasteiger partial charge on any atom is 0.248 e. The van der Waals surface area contributed by atoms with Crippen molar-refractivity contribution in [2.24, 2.45) is 11.8 Å². The van der Waals surface area contributed by atoms with Crippen LogP contribution in [0.1, 0.15) is 49.6 Å². The molecule has 32 heavy (non-hydrogen) atoms. The molecule has 0 saturated carbocycles. The van der Waals surface area contributed by atoms with Crippen LogP contribution in [-0.2, 0) is 14.8 Å². The number of piperidine rings is 2. The van der Waals surface area contributed by atoms with Gasteiger partial charge in [0.2, 0.25) is 15.9 Å². The largest absolute Gasteiger partial charge is 0.355 e. The fraction of sp³-hybridized carbons (Fsp3) is 0.500. The number of hydrogen-bond acceptors (Lipinski definition) is 5. The van der Waals surface area contributed by atoms with Crippen molar-refractivity contribution >= 4 is 28.1 Å². The quantitative estimate of drug-likeness (QED) is 0.682. The van der Waals surface area contributed by atoms with E-state index in [1.54, 1.807) is 19.1 Å². The monoisotopic (exact) mass is 457 g/mol. The summed E-state index contributed by atoms with van der Waals surface area (Å²) in [7, 11) is -3.84. The van der Waals surface area contributed by atoms with Crippen molar-refractivity contribution in [2.75, 3.05) is 26.2 Å². The molecule has 3 heterocycles. The SMILES string of the molecule is Cc1noc(/C=C/c2ccccc2)c1S(=O)(=O)N1CCC[C@H](C(=O)N2CCC(C)CC2)C1. The van der Waals surface area contributed by atoms with E-state index in [1.165, 1.54) is 4.31 Å². The van der Waals surface area contributed by atoms with Gasteiger partial charge in [0, 0.05) is 26.2 Å². The minimum absolute atomic E-state index is 0.0861. The highest BCUT2D eigenvalue weighted by molar-refractivity contribution is 7.89. The highest BCUT2D eigenvalue weighted by Crippen LogP contribution is 2.30. The first-order chi connectivity index (χ1) is 15.4. The van der Waals surface area contributed by atoms with Gasteiger partial charge in [-0.05, 0) is 50.2 Å². The highest BCUT2D eigenvalue weighted by atomic mass is 32.2. The number of benzene rings is 1. The summed E-state index contributed by atoms with van der Waals surface area (Å²) in [5.74, 6) is 0.643. The van der Waals surface area contributed by atoms with Crippen molar-refractivity contribution in [1.82, 2.24) is 14.4 Å². The average Bonchev–Trinajstić information content (AvgIpc) is 3.19. The lowest BCUT2D eigenvalue weighted by Crippen LogP contribution is -2.48. The summed E-state index contributed by atoms with van der Waals surface area (Å²) in [6.45, 7) is 5.99. The number of likely N-dealkylation sites (tertiary alicyclic amines) is 1. The van der Waals surface area contributed by atoms with Crippen LogP contribution < -0.4 is 0 Å². The summed E-state index contributed by atoms with van der Waals surface area (Å²) in [5, 5.41) is 3.92. The molecule has 0 radical (unpaired) electrons. The second-order valence-electron chi connectivity index (χ2n) is 8.92. The Bertz CT molecular complexity index is 1070. The molecule has 0 aliphatic carbocycles. The van der Waals surface area contributed by atoms with E-state index < -0.39 is 10.0 Å². The van der Waals surface area contributed by atoms with E-state index in [4.69, 9.17) is 4.52 Å². The lowest BCUT2D eigenvalue weighted by Gasteiger charge is -2.36. The van der Waals surface area contributed by atoms with Crippen molar-refractivity contribution in [3.8, 4) is 0 Å². The molecule has 1 aromatic carbocycles. The van der Waals surface area contributed by atoms with E-state index in [-0.39, 0.29) is 29.0 Å². The fourth-order valence-electron chi connectivity index (χ4n) is 4.51. The van der Waals surface area contributed by atoms with E-state index in [9.17, 15) is 13.2 Å². The van der Waals surface area contributed by atoms with E-state index in [2.05, 4.69) is 12.1 Å². The Morgan fingerprint density at radius 1 is 1.09 bits per heavy atom. The van der Waals surface area contributed by atoms with E-state index in [0.717, 1.165) is 37.9 Å². The van der Waals surface area contributed by atoms with Crippen molar-refractivity contribution in [1.29, 1.82) is 0 Å². The average molecular weight is 458 g/mol. The molecule has 2 aromatic rings. The first-order valence-corrected chi connectivity index (χ1v) is 12.8. The maximum absolute atomic E-state index is 13.6. The summed E-state index contributed by atoms with van der Waals surface area (Å²) in [6.07, 6.45) is 6.86. The van der Waals surface area contributed by atoms with Gasteiger partial charge in [-0.25, -0.2) is 8.42 Å². The lowest BCUT2D eigenvalue weighted by atomic mass is 9.94. The van der Waals surface area contributed by atoms with Crippen LogP contribution in [0.15, 0.2) is 39.8 Å². The Morgan fingerprint density at radius 2 is 1.81 bits per heavy atom. The number of rotatable bonds is 5.